The number of anilines is 1. The first-order chi connectivity index (χ1) is 14.0. The Bertz CT molecular complexity index is 1050. The number of hydrogen-bond donors (Lipinski definition) is 3. The Hall–Kier alpha value is -2.57. The number of methoxy groups -OCH3 is 1. The molecule has 0 atom stereocenters. The van der Waals surface area contributed by atoms with Crippen molar-refractivity contribution in [2.24, 2.45) is 5.73 Å². The van der Waals surface area contributed by atoms with Crippen molar-refractivity contribution in [1.29, 1.82) is 0 Å². The number of aromatic nitrogens is 1. The average Bonchev–Trinajstić information content (AvgIpc) is 2.71. The number of nitrogens with zero attached hydrogens (tertiary/aromatic N) is 1. The second kappa shape index (κ2) is 8.05. The zero-order valence-corrected chi connectivity index (χ0v) is 16.8. The molecule has 0 unspecified atom stereocenters. The van der Waals surface area contributed by atoms with Gasteiger partial charge in [-0.1, -0.05) is 11.6 Å². The molecule has 7 heteroatoms. The van der Waals surface area contributed by atoms with Gasteiger partial charge in [0.25, 0.3) is 0 Å². The molecule has 151 valence electrons. The van der Waals surface area contributed by atoms with Crippen LogP contribution in [0.15, 0.2) is 30.5 Å². The van der Waals surface area contributed by atoms with Gasteiger partial charge < -0.3 is 20.9 Å². The van der Waals surface area contributed by atoms with Crippen molar-refractivity contribution < 1.29 is 14.2 Å². The third-order valence-corrected chi connectivity index (χ3v) is 5.74. The predicted octanol–water partition coefficient (Wildman–Crippen LogP) is 4.89. The third kappa shape index (κ3) is 3.95. The average molecular weight is 415 g/mol. The van der Waals surface area contributed by atoms with E-state index in [1.807, 2.05) is 0 Å². The van der Waals surface area contributed by atoms with Crippen LogP contribution in [0.2, 0.25) is 5.02 Å². The van der Waals surface area contributed by atoms with Gasteiger partial charge in [-0.15, -0.1) is 0 Å². The number of phenolic OH excluding ortho intramolecular Hbond substituents is 1. The summed E-state index contributed by atoms with van der Waals surface area (Å²) in [5, 5.41) is 14.3. The van der Waals surface area contributed by atoms with Gasteiger partial charge in [-0.3, -0.25) is 4.98 Å². The van der Waals surface area contributed by atoms with Crippen molar-refractivity contribution in [3.05, 3.63) is 47.4 Å². The van der Waals surface area contributed by atoms with Crippen molar-refractivity contribution in [2.45, 2.75) is 37.8 Å². The molecule has 1 heterocycles. The highest BCUT2D eigenvalue weighted by Gasteiger charge is 2.20. The largest absolute Gasteiger partial charge is 0.503 e. The van der Waals surface area contributed by atoms with Gasteiger partial charge in [-0.25, -0.2) is 4.39 Å². The SMILES string of the molecule is COc1cc(-c2cc3c(NC4CCC(N)CC4)[c]cnc3cc2F)cc(Cl)c1O. The molecule has 1 radical (unpaired) electrons. The number of halogens is 2. The van der Waals surface area contributed by atoms with Crippen LogP contribution < -0.4 is 15.8 Å². The van der Waals surface area contributed by atoms with Gasteiger partial charge in [0.05, 0.1) is 23.3 Å². The van der Waals surface area contributed by atoms with Crippen molar-refractivity contribution >= 4 is 28.2 Å². The van der Waals surface area contributed by atoms with E-state index < -0.39 is 5.82 Å². The lowest BCUT2D eigenvalue weighted by Crippen LogP contribution is -2.32. The van der Waals surface area contributed by atoms with E-state index in [0.29, 0.717) is 22.7 Å². The van der Waals surface area contributed by atoms with Crippen LogP contribution in [0.1, 0.15) is 25.7 Å². The molecule has 0 spiro atoms. The molecule has 1 fully saturated rings. The van der Waals surface area contributed by atoms with Crippen LogP contribution in [0.5, 0.6) is 11.5 Å². The minimum atomic E-state index is -0.436. The first-order valence-electron chi connectivity index (χ1n) is 9.55. The molecule has 0 bridgehead atoms. The Morgan fingerprint density at radius 3 is 2.72 bits per heavy atom. The van der Waals surface area contributed by atoms with E-state index in [2.05, 4.69) is 16.4 Å². The highest BCUT2D eigenvalue weighted by molar-refractivity contribution is 6.32. The van der Waals surface area contributed by atoms with Crippen LogP contribution in [-0.4, -0.2) is 29.3 Å². The van der Waals surface area contributed by atoms with E-state index in [-0.39, 0.29) is 22.6 Å². The summed E-state index contributed by atoms with van der Waals surface area (Å²) in [7, 11) is 1.42. The standard InChI is InChI=1S/C22H22ClFN3O2/c1-29-21-9-12(8-17(23)22(21)28)15-10-16-19(6-7-26-20(16)11-18(15)24)27-14-4-2-13(25)3-5-14/h7-11,13-14,28H,2-5,25H2,1H3,(H,26,27). The molecular formula is C22H22ClFN3O2. The molecule has 5 nitrogen and oxygen atoms in total. The molecule has 4 rings (SSSR count). The van der Waals surface area contributed by atoms with Gasteiger partial charge in [0.1, 0.15) is 5.82 Å². The second-order valence-electron chi connectivity index (χ2n) is 7.39. The van der Waals surface area contributed by atoms with Gasteiger partial charge in [0.2, 0.25) is 0 Å². The fourth-order valence-electron chi connectivity index (χ4n) is 3.81. The predicted molar refractivity (Wildman–Crippen MR) is 113 cm³/mol. The smallest absolute Gasteiger partial charge is 0.176 e. The summed E-state index contributed by atoms with van der Waals surface area (Å²) in [6.07, 6.45) is 5.48. The summed E-state index contributed by atoms with van der Waals surface area (Å²) >= 11 is 6.10. The zero-order chi connectivity index (χ0) is 20.5. The lowest BCUT2D eigenvalue weighted by atomic mass is 9.91. The van der Waals surface area contributed by atoms with E-state index >= 15 is 0 Å². The highest BCUT2D eigenvalue weighted by Crippen LogP contribution is 2.40. The molecule has 0 aliphatic heterocycles. The maximum absolute atomic E-state index is 14.9. The Morgan fingerprint density at radius 2 is 2.00 bits per heavy atom. The van der Waals surface area contributed by atoms with Crippen LogP contribution in [-0.2, 0) is 0 Å². The van der Waals surface area contributed by atoms with Crippen molar-refractivity contribution in [2.75, 3.05) is 12.4 Å². The zero-order valence-electron chi connectivity index (χ0n) is 16.0. The summed E-state index contributed by atoms with van der Waals surface area (Å²) < 4.78 is 20.0. The second-order valence-corrected chi connectivity index (χ2v) is 7.80. The van der Waals surface area contributed by atoms with Crippen molar-refractivity contribution in [3.8, 4) is 22.6 Å². The summed E-state index contributed by atoms with van der Waals surface area (Å²) in [5.41, 5.74) is 8.17. The van der Waals surface area contributed by atoms with E-state index in [4.69, 9.17) is 22.1 Å². The Morgan fingerprint density at radius 1 is 1.24 bits per heavy atom. The van der Waals surface area contributed by atoms with E-state index in [9.17, 15) is 9.50 Å². The summed E-state index contributed by atoms with van der Waals surface area (Å²) in [5.74, 6) is -0.428. The quantitative estimate of drug-likeness (QED) is 0.566. The number of fused-ring (bicyclic) bond motifs is 1. The molecule has 4 N–H and O–H groups in total. The summed E-state index contributed by atoms with van der Waals surface area (Å²) in [6.45, 7) is 0. The lowest BCUT2D eigenvalue weighted by Gasteiger charge is -2.28. The summed E-state index contributed by atoms with van der Waals surface area (Å²) in [6, 6.07) is 9.90. The van der Waals surface area contributed by atoms with Crippen LogP contribution in [0, 0.1) is 11.9 Å². The fourth-order valence-corrected chi connectivity index (χ4v) is 4.02. The number of benzene rings is 2. The van der Waals surface area contributed by atoms with Gasteiger partial charge in [-0.2, -0.15) is 0 Å². The van der Waals surface area contributed by atoms with E-state index in [1.165, 1.54) is 19.2 Å². The van der Waals surface area contributed by atoms with Gasteiger partial charge in [0, 0.05) is 41.4 Å². The molecule has 1 aromatic heterocycles. The third-order valence-electron chi connectivity index (χ3n) is 5.45. The molecule has 0 saturated heterocycles. The summed E-state index contributed by atoms with van der Waals surface area (Å²) in [4.78, 5) is 4.26. The molecular weight excluding hydrogens is 393 g/mol. The highest BCUT2D eigenvalue weighted by atomic mass is 35.5. The van der Waals surface area contributed by atoms with E-state index in [1.54, 1.807) is 18.3 Å². The van der Waals surface area contributed by atoms with Crippen molar-refractivity contribution in [1.82, 2.24) is 4.98 Å². The lowest BCUT2D eigenvalue weighted by molar-refractivity contribution is 0.374. The van der Waals surface area contributed by atoms with E-state index in [0.717, 1.165) is 36.8 Å². The topological polar surface area (TPSA) is 80.4 Å². The number of phenols is 1. The van der Waals surface area contributed by atoms with Gasteiger partial charge >= 0.3 is 0 Å². The normalized spacial score (nSPS) is 19.3. The Balaban J connectivity index is 1.77. The van der Waals surface area contributed by atoms with Gasteiger partial charge in [-0.05, 0) is 49.4 Å². The minimum Gasteiger partial charge on any atom is -0.503 e. The molecule has 1 aliphatic rings. The first-order valence-corrected chi connectivity index (χ1v) is 9.93. The van der Waals surface area contributed by atoms with Crippen LogP contribution in [0.25, 0.3) is 22.0 Å². The fraction of sp³-hybridized carbons (Fsp3) is 0.318. The molecule has 3 aromatic rings. The maximum Gasteiger partial charge on any atom is 0.176 e. The molecule has 1 aliphatic carbocycles. The van der Waals surface area contributed by atoms with Crippen LogP contribution >= 0.6 is 11.6 Å². The molecule has 1 saturated carbocycles. The number of hydrogen-bond acceptors (Lipinski definition) is 5. The van der Waals surface area contributed by atoms with Crippen LogP contribution in [0.3, 0.4) is 0 Å². The maximum atomic E-state index is 14.9. The Kier molecular flexibility index (Phi) is 5.48. The first kappa shape index (κ1) is 19.7. The monoisotopic (exact) mass is 414 g/mol. The number of rotatable bonds is 4. The molecule has 2 aromatic carbocycles. The number of nitrogens with two attached hydrogens (primary N) is 1. The van der Waals surface area contributed by atoms with Crippen molar-refractivity contribution in [3.63, 3.8) is 0 Å². The number of nitrogens with one attached hydrogen (secondary N) is 1. The number of aromatic hydroxyl groups is 1. The Labute approximate surface area is 173 Å². The number of pyridine rings is 1. The van der Waals surface area contributed by atoms with Crippen LogP contribution in [0.4, 0.5) is 10.1 Å². The molecule has 0 amide bonds. The minimum absolute atomic E-state index is 0.0912. The number of ether oxygens (including phenoxy) is 1. The molecule has 29 heavy (non-hydrogen) atoms. The van der Waals surface area contributed by atoms with Gasteiger partial charge in [0.15, 0.2) is 11.5 Å².